The number of benzene rings is 2. The summed E-state index contributed by atoms with van der Waals surface area (Å²) in [5.41, 5.74) is 1.29. The fourth-order valence-electron chi connectivity index (χ4n) is 2.19. The zero-order chi connectivity index (χ0) is 18.4. The number of amides is 1. The van der Waals surface area contributed by atoms with Crippen molar-refractivity contribution in [3.05, 3.63) is 58.6 Å². The Morgan fingerprint density at radius 3 is 2.60 bits per heavy atom. The van der Waals surface area contributed by atoms with E-state index >= 15 is 0 Å². The molecule has 0 heterocycles. The lowest BCUT2D eigenvalue weighted by atomic mass is 10.1. The molecule has 134 valence electrons. The smallest absolute Gasteiger partial charge is 0.253 e. The molecule has 0 saturated carbocycles. The molecule has 0 atom stereocenters. The van der Waals surface area contributed by atoms with Gasteiger partial charge >= 0.3 is 0 Å². The van der Waals surface area contributed by atoms with Gasteiger partial charge in [0.1, 0.15) is 5.75 Å². The van der Waals surface area contributed by atoms with Crippen molar-refractivity contribution in [2.24, 2.45) is 0 Å². The Morgan fingerprint density at radius 2 is 1.92 bits per heavy atom. The van der Waals surface area contributed by atoms with Crippen molar-refractivity contribution in [2.45, 2.75) is 13.5 Å². The fourth-order valence-corrected chi connectivity index (χ4v) is 2.95. The Bertz CT molecular complexity index is 869. The van der Waals surface area contributed by atoms with Gasteiger partial charge in [-0.2, -0.15) is 0 Å². The van der Waals surface area contributed by atoms with E-state index in [1.807, 2.05) is 31.2 Å². The van der Waals surface area contributed by atoms with Crippen LogP contribution in [0.25, 0.3) is 0 Å². The standard InChI is InChI=1S/C17H19ClN2O4S/c1-3-24-16-7-5-4-6-12(16)11-19-17(21)14-10-13(8-9-15(14)18)20-25(2,22)23/h4-10,20H,3,11H2,1-2H3,(H,19,21). The molecule has 0 radical (unpaired) electrons. The molecule has 6 nitrogen and oxygen atoms in total. The number of ether oxygens (including phenoxy) is 1. The molecule has 0 fully saturated rings. The summed E-state index contributed by atoms with van der Waals surface area (Å²) in [5.74, 6) is 0.289. The molecule has 2 aromatic rings. The summed E-state index contributed by atoms with van der Waals surface area (Å²) in [6.07, 6.45) is 1.03. The highest BCUT2D eigenvalue weighted by atomic mass is 35.5. The lowest BCUT2D eigenvalue weighted by Crippen LogP contribution is -2.23. The minimum Gasteiger partial charge on any atom is -0.494 e. The zero-order valence-electron chi connectivity index (χ0n) is 13.9. The number of halogens is 1. The molecule has 0 aliphatic rings. The van der Waals surface area contributed by atoms with Crippen molar-refractivity contribution < 1.29 is 17.9 Å². The Hall–Kier alpha value is -2.25. The van der Waals surface area contributed by atoms with E-state index in [9.17, 15) is 13.2 Å². The molecule has 2 N–H and O–H groups in total. The predicted molar refractivity (Wildman–Crippen MR) is 98.7 cm³/mol. The van der Waals surface area contributed by atoms with E-state index in [0.717, 1.165) is 11.8 Å². The normalized spacial score (nSPS) is 11.0. The Labute approximate surface area is 152 Å². The average Bonchev–Trinajstić information content (AvgIpc) is 2.54. The molecule has 25 heavy (non-hydrogen) atoms. The van der Waals surface area contributed by atoms with Gasteiger partial charge in [0.05, 0.1) is 23.4 Å². The van der Waals surface area contributed by atoms with E-state index < -0.39 is 15.9 Å². The Morgan fingerprint density at radius 1 is 1.20 bits per heavy atom. The van der Waals surface area contributed by atoms with Crippen LogP contribution in [0, 0.1) is 0 Å². The average molecular weight is 383 g/mol. The molecule has 0 saturated heterocycles. The third kappa shape index (κ3) is 5.65. The second kappa shape index (κ2) is 8.22. The van der Waals surface area contributed by atoms with Gasteiger partial charge in [-0.05, 0) is 31.2 Å². The Balaban J connectivity index is 2.14. The van der Waals surface area contributed by atoms with Crippen LogP contribution in [0.2, 0.25) is 5.02 Å². The van der Waals surface area contributed by atoms with Crippen molar-refractivity contribution in [3.63, 3.8) is 0 Å². The van der Waals surface area contributed by atoms with Crippen molar-refractivity contribution in [2.75, 3.05) is 17.6 Å². The van der Waals surface area contributed by atoms with Crippen molar-refractivity contribution in [1.82, 2.24) is 5.32 Å². The number of nitrogens with one attached hydrogen (secondary N) is 2. The van der Waals surface area contributed by atoms with Crippen LogP contribution >= 0.6 is 11.6 Å². The number of hydrogen-bond donors (Lipinski definition) is 2. The van der Waals surface area contributed by atoms with Crippen LogP contribution in [0.5, 0.6) is 5.75 Å². The molecule has 0 unspecified atom stereocenters. The van der Waals surface area contributed by atoms with Gasteiger partial charge in [0.25, 0.3) is 5.91 Å². The van der Waals surface area contributed by atoms with Crippen LogP contribution in [-0.2, 0) is 16.6 Å². The predicted octanol–water partition coefficient (Wildman–Crippen LogP) is 3.04. The van der Waals surface area contributed by atoms with E-state index in [4.69, 9.17) is 16.3 Å². The number of hydrogen-bond acceptors (Lipinski definition) is 4. The molecule has 1 amide bonds. The molecule has 0 bridgehead atoms. The van der Waals surface area contributed by atoms with Gasteiger partial charge < -0.3 is 10.1 Å². The molecule has 0 aliphatic heterocycles. The van der Waals surface area contributed by atoms with Gasteiger partial charge in [-0.25, -0.2) is 8.42 Å². The maximum absolute atomic E-state index is 12.4. The summed E-state index contributed by atoms with van der Waals surface area (Å²) < 4.78 is 30.5. The lowest BCUT2D eigenvalue weighted by molar-refractivity contribution is 0.0951. The fraction of sp³-hybridized carbons (Fsp3) is 0.235. The quantitative estimate of drug-likeness (QED) is 0.770. The number of carbonyl (C=O) groups is 1. The lowest BCUT2D eigenvalue weighted by Gasteiger charge is -2.12. The van der Waals surface area contributed by atoms with E-state index in [1.165, 1.54) is 18.2 Å². The maximum Gasteiger partial charge on any atom is 0.253 e. The number of sulfonamides is 1. The second-order valence-electron chi connectivity index (χ2n) is 5.29. The molecule has 0 spiro atoms. The highest BCUT2D eigenvalue weighted by molar-refractivity contribution is 7.92. The zero-order valence-corrected chi connectivity index (χ0v) is 15.4. The first-order valence-electron chi connectivity index (χ1n) is 7.56. The summed E-state index contributed by atoms with van der Waals surface area (Å²) >= 11 is 6.06. The molecular weight excluding hydrogens is 364 g/mol. The maximum atomic E-state index is 12.4. The molecule has 0 aromatic heterocycles. The minimum absolute atomic E-state index is 0.184. The van der Waals surface area contributed by atoms with Gasteiger partial charge in [-0.15, -0.1) is 0 Å². The first-order chi connectivity index (χ1) is 11.8. The first-order valence-corrected chi connectivity index (χ1v) is 9.83. The van der Waals surface area contributed by atoms with Gasteiger partial charge in [0.15, 0.2) is 0 Å². The van der Waals surface area contributed by atoms with E-state index in [1.54, 1.807) is 0 Å². The molecule has 2 rings (SSSR count). The molecule has 8 heteroatoms. The van der Waals surface area contributed by atoms with Gasteiger partial charge in [0.2, 0.25) is 10.0 Å². The SMILES string of the molecule is CCOc1ccccc1CNC(=O)c1cc(NS(C)(=O)=O)ccc1Cl. The summed E-state index contributed by atoms with van der Waals surface area (Å²) in [6.45, 7) is 2.67. The van der Waals surface area contributed by atoms with Crippen molar-refractivity contribution in [1.29, 1.82) is 0 Å². The number of anilines is 1. The van der Waals surface area contributed by atoms with Crippen molar-refractivity contribution in [3.8, 4) is 5.75 Å². The monoisotopic (exact) mass is 382 g/mol. The van der Waals surface area contributed by atoms with Crippen LogP contribution < -0.4 is 14.8 Å². The van der Waals surface area contributed by atoms with E-state index in [2.05, 4.69) is 10.0 Å². The summed E-state index contributed by atoms with van der Waals surface area (Å²) in [5, 5.41) is 3.00. The largest absolute Gasteiger partial charge is 0.494 e. The topological polar surface area (TPSA) is 84.5 Å². The molecular formula is C17H19ClN2O4S. The summed E-state index contributed by atoms with van der Waals surface area (Å²) in [4.78, 5) is 12.4. The van der Waals surface area contributed by atoms with E-state index in [0.29, 0.717) is 12.4 Å². The third-order valence-electron chi connectivity index (χ3n) is 3.23. The highest BCUT2D eigenvalue weighted by Gasteiger charge is 2.13. The summed E-state index contributed by atoms with van der Waals surface area (Å²) in [6, 6.07) is 11.8. The van der Waals surface area contributed by atoms with Crippen molar-refractivity contribution >= 4 is 33.2 Å². The Kier molecular flexibility index (Phi) is 6.27. The van der Waals surface area contributed by atoms with Crippen LogP contribution in [-0.4, -0.2) is 27.2 Å². The molecule has 2 aromatic carbocycles. The minimum atomic E-state index is -3.44. The van der Waals surface area contributed by atoms with Crippen LogP contribution in [0.4, 0.5) is 5.69 Å². The van der Waals surface area contributed by atoms with Crippen LogP contribution in [0.15, 0.2) is 42.5 Å². The first kappa shape index (κ1) is 19.1. The third-order valence-corrected chi connectivity index (χ3v) is 4.16. The van der Waals surface area contributed by atoms with Crippen LogP contribution in [0.1, 0.15) is 22.8 Å². The number of carbonyl (C=O) groups excluding carboxylic acids is 1. The number of rotatable bonds is 7. The van der Waals surface area contributed by atoms with Gasteiger partial charge in [0, 0.05) is 17.8 Å². The highest BCUT2D eigenvalue weighted by Crippen LogP contribution is 2.22. The van der Waals surface area contributed by atoms with E-state index in [-0.39, 0.29) is 22.8 Å². The van der Waals surface area contributed by atoms with Gasteiger partial charge in [-0.3, -0.25) is 9.52 Å². The number of para-hydroxylation sites is 1. The second-order valence-corrected chi connectivity index (χ2v) is 7.45. The van der Waals surface area contributed by atoms with Crippen LogP contribution in [0.3, 0.4) is 0 Å². The summed E-state index contributed by atoms with van der Waals surface area (Å²) in [7, 11) is -3.44. The molecule has 0 aliphatic carbocycles. The van der Waals surface area contributed by atoms with Gasteiger partial charge in [-0.1, -0.05) is 29.8 Å².